The SMILES string of the molecule is O=C(NCC(O)c1ccc(C(F)(F)F)cc1)C(=O)Nc1cccc(C(F)(F)F)c1. The summed E-state index contributed by atoms with van der Waals surface area (Å²) < 4.78 is 75.4. The van der Waals surface area contributed by atoms with E-state index in [9.17, 15) is 41.0 Å². The minimum Gasteiger partial charge on any atom is -0.387 e. The van der Waals surface area contributed by atoms with Crippen molar-refractivity contribution in [2.24, 2.45) is 0 Å². The van der Waals surface area contributed by atoms with Crippen molar-refractivity contribution in [3.8, 4) is 0 Å². The van der Waals surface area contributed by atoms with Crippen molar-refractivity contribution in [3.05, 3.63) is 65.2 Å². The minimum absolute atomic E-state index is 0.0663. The fourth-order valence-corrected chi connectivity index (χ4v) is 2.24. The maximum absolute atomic E-state index is 12.6. The molecule has 0 aliphatic heterocycles. The van der Waals surface area contributed by atoms with Gasteiger partial charge in [0.1, 0.15) is 0 Å². The van der Waals surface area contributed by atoms with Crippen molar-refractivity contribution < 1.29 is 41.0 Å². The Labute approximate surface area is 160 Å². The number of anilines is 1. The standard InChI is InChI=1S/C18H14F6N2O3/c19-17(20,21)11-6-4-10(5-7-11)14(27)9-25-15(28)16(29)26-13-3-1-2-12(8-13)18(22,23)24/h1-8,14,27H,9H2,(H,25,28)(H,26,29). The van der Waals surface area contributed by atoms with Crippen LogP contribution in [0, 0.1) is 0 Å². The number of alkyl halides is 6. The molecule has 0 aromatic heterocycles. The Bertz CT molecular complexity index is 878. The van der Waals surface area contributed by atoms with Crippen LogP contribution in [0.15, 0.2) is 48.5 Å². The predicted molar refractivity (Wildman–Crippen MR) is 89.5 cm³/mol. The van der Waals surface area contributed by atoms with E-state index >= 15 is 0 Å². The summed E-state index contributed by atoms with van der Waals surface area (Å²) in [5.41, 5.74) is -2.13. The molecule has 0 saturated carbocycles. The first-order chi connectivity index (χ1) is 13.4. The van der Waals surface area contributed by atoms with Gasteiger partial charge < -0.3 is 15.7 Å². The van der Waals surface area contributed by atoms with Crippen LogP contribution in [0.25, 0.3) is 0 Å². The third-order valence-corrected chi connectivity index (χ3v) is 3.73. The van der Waals surface area contributed by atoms with Crippen LogP contribution in [-0.4, -0.2) is 23.5 Å². The van der Waals surface area contributed by atoms with Crippen molar-refractivity contribution in [1.29, 1.82) is 0 Å². The van der Waals surface area contributed by atoms with Gasteiger partial charge in [0.25, 0.3) is 0 Å². The quantitative estimate of drug-likeness (QED) is 0.523. The molecule has 3 N–H and O–H groups in total. The predicted octanol–water partition coefficient (Wildman–Crippen LogP) is 3.51. The maximum atomic E-state index is 12.6. The topological polar surface area (TPSA) is 78.4 Å². The summed E-state index contributed by atoms with van der Waals surface area (Å²) in [6.45, 7) is -0.500. The minimum atomic E-state index is -4.63. The molecule has 0 bridgehead atoms. The molecule has 0 spiro atoms. The summed E-state index contributed by atoms with van der Waals surface area (Å²) in [6.07, 6.45) is -10.6. The van der Waals surface area contributed by atoms with Gasteiger partial charge in [-0.25, -0.2) is 0 Å². The van der Waals surface area contributed by atoms with Crippen LogP contribution >= 0.6 is 0 Å². The molecule has 1 unspecified atom stereocenters. The van der Waals surface area contributed by atoms with Crippen molar-refractivity contribution >= 4 is 17.5 Å². The van der Waals surface area contributed by atoms with Crippen LogP contribution in [0.4, 0.5) is 32.0 Å². The first-order valence-electron chi connectivity index (χ1n) is 7.99. The second-order valence-electron chi connectivity index (χ2n) is 5.88. The molecular formula is C18H14F6N2O3. The lowest BCUT2D eigenvalue weighted by molar-refractivity contribution is -0.138. The van der Waals surface area contributed by atoms with E-state index in [-0.39, 0.29) is 11.3 Å². The molecule has 0 aliphatic rings. The van der Waals surface area contributed by atoms with E-state index in [1.54, 1.807) is 0 Å². The molecule has 0 radical (unpaired) electrons. The molecule has 0 aliphatic carbocycles. The number of nitrogens with one attached hydrogen (secondary N) is 2. The molecule has 0 fully saturated rings. The van der Waals surface area contributed by atoms with Gasteiger partial charge in [0.05, 0.1) is 17.2 Å². The number of rotatable bonds is 4. The van der Waals surface area contributed by atoms with Gasteiger partial charge in [0, 0.05) is 12.2 Å². The van der Waals surface area contributed by atoms with Crippen LogP contribution in [0.2, 0.25) is 0 Å². The number of aliphatic hydroxyl groups excluding tert-OH is 1. The molecular weight excluding hydrogens is 406 g/mol. The molecule has 1 atom stereocenters. The second-order valence-corrected chi connectivity index (χ2v) is 5.88. The largest absolute Gasteiger partial charge is 0.416 e. The Balaban J connectivity index is 1.92. The zero-order valence-corrected chi connectivity index (χ0v) is 14.4. The van der Waals surface area contributed by atoms with E-state index in [4.69, 9.17) is 0 Å². The zero-order chi connectivity index (χ0) is 21.8. The third kappa shape index (κ3) is 6.21. The highest BCUT2D eigenvalue weighted by Crippen LogP contribution is 2.31. The summed E-state index contributed by atoms with van der Waals surface area (Å²) in [7, 11) is 0. The maximum Gasteiger partial charge on any atom is 0.416 e. The van der Waals surface area contributed by atoms with Crippen molar-refractivity contribution in [1.82, 2.24) is 5.32 Å². The molecule has 156 valence electrons. The van der Waals surface area contributed by atoms with E-state index in [2.05, 4.69) is 0 Å². The van der Waals surface area contributed by atoms with Crippen LogP contribution in [0.3, 0.4) is 0 Å². The van der Waals surface area contributed by atoms with E-state index in [0.29, 0.717) is 6.07 Å². The number of hydrogen-bond donors (Lipinski definition) is 3. The average molecular weight is 420 g/mol. The van der Waals surface area contributed by atoms with E-state index in [1.807, 2.05) is 10.6 Å². The summed E-state index contributed by atoms with van der Waals surface area (Å²) in [5.74, 6) is -2.52. The number of hydrogen-bond acceptors (Lipinski definition) is 3. The molecule has 5 nitrogen and oxygen atoms in total. The zero-order valence-electron chi connectivity index (χ0n) is 14.4. The highest BCUT2D eigenvalue weighted by atomic mass is 19.4. The lowest BCUT2D eigenvalue weighted by Crippen LogP contribution is -2.37. The molecule has 29 heavy (non-hydrogen) atoms. The molecule has 2 aromatic carbocycles. The Hall–Kier alpha value is -3.08. The summed E-state index contributed by atoms with van der Waals surface area (Å²) >= 11 is 0. The van der Waals surface area contributed by atoms with Gasteiger partial charge in [-0.3, -0.25) is 9.59 Å². The van der Waals surface area contributed by atoms with Gasteiger partial charge in [0.15, 0.2) is 0 Å². The van der Waals surface area contributed by atoms with Crippen molar-refractivity contribution in [2.75, 3.05) is 11.9 Å². The number of carbonyl (C=O) groups is 2. The molecule has 0 saturated heterocycles. The Morgan fingerprint density at radius 1 is 0.862 bits per heavy atom. The molecule has 11 heteroatoms. The van der Waals surface area contributed by atoms with Crippen LogP contribution < -0.4 is 10.6 Å². The molecule has 2 rings (SSSR count). The van der Waals surface area contributed by atoms with Gasteiger partial charge in [-0.05, 0) is 35.9 Å². The summed E-state index contributed by atoms with van der Waals surface area (Å²) in [6, 6.07) is 7.16. The lowest BCUT2D eigenvalue weighted by Gasteiger charge is -2.14. The Kier molecular flexibility index (Phi) is 6.52. The number of halogens is 6. The monoisotopic (exact) mass is 420 g/mol. The number of amides is 2. The summed E-state index contributed by atoms with van der Waals surface area (Å²) in [5, 5.41) is 13.9. The molecule has 2 aromatic rings. The fraction of sp³-hybridized carbons (Fsp3) is 0.222. The van der Waals surface area contributed by atoms with Gasteiger partial charge in [-0.15, -0.1) is 0 Å². The Morgan fingerprint density at radius 2 is 1.45 bits per heavy atom. The van der Waals surface area contributed by atoms with E-state index < -0.39 is 47.9 Å². The van der Waals surface area contributed by atoms with Gasteiger partial charge in [-0.1, -0.05) is 18.2 Å². The first kappa shape index (κ1) is 22.2. The molecule has 0 heterocycles. The Morgan fingerprint density at radius 3 is 2.00 bits per heavy atom. The van der Waals surface area contributed by atoms with Crippen molar-refractivity contribution in [2.45, 2.75) is 18.5 Å². The molecule has 2 amide bonds. The second kappa shape index (κ2) is 8.52. The fourth-order valence-electron chi connectivity index (χ4n) is 2.24. The van der Waals surface area contributed by atoms with Crippen LogP contribution in [0.5, 0.6) is 0 Å². The van der Waals surface area contributed by atoms with E-state index in [0.717, 1.165) is 42.5 Å². The average Bonchev–Trinajstić information content (AvgIpc) is 2.64. The smallest absolute Gasteiger partial charge is 0.387 e. The highest BCUT2D eigenvalue weighted by Gasteiger charge is 2.31. The summed E-state index contributed by atoms with van der Waals surface area (Å²) in [4.78, 5) is 23.5. The number of aliphatic hydroxyl groups is 1. The van der Waals surface area contributed by atoms with Crippen molar-refractivity contribution in [3.63, 3.8) is 0 Å². The number of carbonyl (C=O) groups excluding carboxylic acids is 2. The first-order valence-corrected chi connectivity index (χ1v) is 7.99. The van der Waals surface area contributed by atoms with Gasteiger partial charge in [0.2, 0.25) is 0 Å². The van der Waals surface area contributed by atoms with E-state index in [1.165, 1.54) is 0 Å². The van der Waals surface area contributed by atoms with Gasteiger partial charge in [-0.2, -0.15) is 26.3 Å². The van der Waals surface area contributed by atoms with Gasteiger partial charge >= 0.3 is 24.2 Å². The lowest BCUT2D eigenvalue weighted by atomic mass is 10.1. The van der Waals surface area contributed by atoms with Crippen LogP contribution in [-0.2, 0) is 21.9 Å². The highest BCUT2D eigenvalue weighted by molar-refractivity contribution is 6.39. The number of benzene rings is 2. The third-order valence-electron chi connectivity index (χ3n) is 3.73. The van der Waals surface area contributed by atoms with Crippen LogP contribution in [0.1, 0.15) is 22.8 Å². The normalized spacial score (nSPS) is 12.9.